The molecule has 0 radical (unpaired) electrons. The van der Waals surface area contributed by atoms with Crippen LogP contribution in [0.15, 0.2) is 28.2 Å². The van der Waals surface area contributed by atoms with Crippen molar-refractivity contribution in [2.24, 2.45) is 0 Å². The Morgan fingerprint density at radius 3 is 2.88 bits per heavy atom. The molecule has 1 N–H and O–H groups in total. The average molecular weight is 297 g/mol. The topological polar surface area (TPSA) is 46.5 Å². The van der Waals surface area contributed by atoms with Gasteiger partial charge in [0, 0.05) is 10.0 Å². The van der Waals surface area contributed by atoms with Crippen molar-refractivity contribution < 1.29 is 14.6 Å². The number of carbonyl (C=O) groups excluding carboxylic acids is 1. The molecule has 4 heteroatoms. The number of esters is 1. The molecule has 2 rings (SSSR count). The van der Waals surface area contributed by atoms with Gasteiger partial charge in [-0.2, -0.15) is 0 Å². The summed E-state index contributed by atoms with van der Waals surface area (Å²) in [5.74, 6) is -0.402. The molecule has 1 aromatic carbocycles. The molecule has 0 spiro atoms. The van der Waals surface area contributed by atoms with E-state index in [-0.39, 0.29) is 5.76 Å². The Morgan fingerprint density at radius 2 is 2.18 bits per heavy atom. The third-order valence-electron chi connectivity index (χ3n) is 2.92. The molecule has 0 heterocycles. The minimum absolute atomic E-state index is 0.0469. The Hall–Kier alpha value is -1.29. The fraction of sp³-hybridized carbons (Fsp3) is 0.308. The molecule has 1 aliphatic rings. The maximum Gasteiger partial charge on any atom is 0.337 e. The molecule has 0 atom stereocenters. The van der Waals surface area contributed by atoms with Crippen LogP contribution in [0.3, 0.4) is 0 Å². The monoisotopic (exact) mass is 296 g/mol. The first-order valence-electron chi connectivity index (χ1n) is 5.42. The van der Waals surface area contributed by atoms with E-state index < -0.39 is 5.97 Å². The normalized spacial score (nSPS) is 15.2. The maximum absolute atomic E-state index is 11.6. The van der Waals surface area contributed by atoms with Gasteiger partial charge in [-0.15, -0.1) is 0 Å². The van der Waals surface area contributed by atoms with Crippen LogP contribution in [-0.2, 0) is 16.0 Å². The van der Waals surface area contributed by atoms with Crippen LogP contribution in [-0.4, -0.2) is 18.2 Å². The summed E-state index contributed by atoms with van der Waals surface area (Å²) < 4.78 is 5.58. The number of aliphatic hydroxyl groups is 1. The number of aliphatic hydroxyl groups excluding tert-OH is 1. The van der Waals surface area contributed by atoms with Gasteiger partial charge in [0.05, 0.1) is 12.7 Å². The number of hydrogen-bond donors (Lipinski definition) is 1. The summed E-state index contributed by atoms with van der Waals surface area (Å²) in [7, 11) is 1.33. The van der Waals surface area contributed by atoms with Crippen molar-refractivity contribution in [2.45, 2.75) is 19.3 Å². The van der Waals surface area contributed by atoms with Gasteiger partial charge in [-0.05, 0) is 37.0 Å². The standard InChI is InChI=1S/C13H13BrO3/c1-17-13(16)10-4-2-3-8-5-6-9(14)7-11(8)12(10)15/h5-7,15H,2-4H2,1H3. The SMILES string of the molecule is COC(=O)C1=C(O)c2cc(Br)ccc2CCC1. The Labute approximate surface area is 108 Å². The fourth-order valence-electron chi connectivity index (χ4n) is 2.05. The van der Waals surface area contributed by atoms with Crippen molar-refractivity contribution in [3.8, 4) is 0 Å². The molecule has 0 bridgehead atoms. The van der Waals surface area contributed by atoms with Gasteiger partial charge in [-0.3, -0.25) is 0 Å². The zero-order valence-corrected chi connectivity index (χ0v) is 11.1. The lowest BCUT2D eigenvalue weighted by atomic mass is 10.0. The van der Waals surface area contributed by atoms with Gasteiger partial charge in [-0.25, -0.2) is 4.79 Å². The number of aryl methyl sites for hydroxylation is 1. The second-order valence-corrected chi connectivity index (χ2v) is 4.89. The number of halogens is 1. The lowest BCUT2D eigenvalue weighted by Crippen LogP contribution is -2.07. The molecule has 0 aromatic heterocycles. The van der Waals surface area contributed by atoms with Crippen molar-refractivity contribution in [3.63, 3.8) is 0 Å². The van der Waals surface area contributed by atoms with E-state index in [2.05, 4.69) is 15.9 Å². The molecule has 17 heavy (non-hydrogen) atoms. The van der Waals surface area contributed by atoms with E-state index in [0.717, 1.165) is 28.4 Å². The van der Waals surface area contributed by atoms with Crippen molar-refractivity contribution in [3.05, 3.63) is 39.4 Å². The first kappa shape index (κ1) is 12.2. The summed E-state index contributed by atoms with van der Waals surface area (Å²) in [6, 6.07) is 5.74. The Balaban J connectivity index is 2.55. The summed E-state index contributed by atoms with van der Waals surface area (Å²) in [4.78, 5) is 11.6. The first-order chi connectivity index (χ1) is 8.13. The van der Waals surface area contributed by atoms with E-state index >= 15 is 0 Å². The Morgan fingerprint density at radius 1 is 1.41 bits per heavy atom. The van der Waals surface area contributed by atoms with Crippen LogP contribution in [0, 0.1) is 0 Å². The van der Waals surface area contributed by atoms with Crippen LogP contribution >= 0.6 is 15.9 Å². The largest absolute Gasteiger partial charge is 0.507 e. The predicted molar refractivity (Wildman–Crippen MR) is 68.6 cm³/mol. The molecule has 1 aliphatic carbocycles. The molecule has 90 valence electrons. The molecule has 0 amide bonds. The molecule has 0 fully saturated rings. The van der Waals surface area contributed by atoms with Crippen molar-refractivity contribution >= 4 is 27.7 Å². The number of hydrogen-bond acceptors (Lipinski definition) is 3. The second kappa shape index (κ2) is 4.92. The van der Waals surface area contributed by atoms with Gasteiger partial charge in [0.2, 0.25) is 0 Å². The number of ether oxygens (including phenoxy) is 1. The van der Waals surface area contributed by atoms with E-state index in [1.54, 1.807) is 0 Å². The van der Waals surface area contributed by atoms with Crippen LogP contribution < -0.4 is 0 Å². The summed E-state index contributed by atoms with van der Waals surface area (Å²) in [5, 5.41) is 10.2. The Kier molecular flexibility index (Phi) is 3.52. The van der Waals surface area contributed by atoms with E-state index in [9.17, 15) is 9.90 Å². The van der Waals surface area contributed by atoms with Gasteiger partial charge in [-0.1, -0.05) is 22.0 Å². The van der Waals surface area contributed by atoms with E-state index in [1.807, 2.05) is 18.2 Å². The molecule has 0 saturated heterocycles. The van der Waals surface area contributed by atoms with Crippen LogP contribution in [0.5, 0.6) is 0 Å². The fourth-order valence-corrected chi connectivity index (χ4v) is 2.41. The summed E-state index contributed by atoms with van der Waals surface area (Å²) >= 11 is 3.37. The minimum atomic E-state index is -0.449. The molecular formula is C13H13BrO3. The van der Waals surface area contributed by atoms with Crippen molar-refractivity contribution in [1.82, 2.24) is 0 Å². The summed E-state index contributed by atoms with van der Waals surface area (Å²) in [5.41, 5.74) is 2.14. The van der Waals surface area contributed by atoms with Gasteiger partial charge in [0.1, 0.15) is 5.76 Å². The predicted octanol–water partition coefficient (Wildman–Crippen LogP) is 3.23. The molecule has 0 saturated carbocycles. The van der Waals surface area contributed by atoms with Crippen LogP contribution in [0.2, 0.25) is 0 Å². The lowest BCUT2D eigenvalue weighted by Gasteiger charge is -2.08. The van der Waals surface area contributed by atoms with E-state index in [0.29, 0.717) is 12.0 Å². The van der Waals surface area contributed by atoms with Gasteiger partial charge in [0.15, 0.2) is 0 Å². The van der Waals surface area contributed by atoms with Gasteiger partial charge >= 0.3 is 5.97 Å². The number of carbonyl (C=O) groups is 1. The highest BCUT2D eigenvalue weighted by atomic mass is 79.9. The highest BCUT2D eigenvalue weighted by Gasteiger charge is 2.22. The van der Waals surface area contributed by atoms with E-state index in [4.69, 9.17) is 4.74 Å². The number of methoxy groups -OCH3 is 1. The first-order valence-corrected chi connectivity index (χ1v) is 6.22. The van der Waals surface area contributed by atoms with Crippen molar-refractivity contribution in [1.29, 1.82) is 0 Å². The zero-order valence-electron chi connectivity index (χ0n) is 9.50. The maximum atomic E-state index is 11.6. The lowest BCUT2D eigenvalue weighted by molar-refractivity contribution is -0.136. The molecule has 3 nitrogen and oxygen atoms in total. The zero-order chi connectivity index (χ0) is 12.4. The number of benzene rings is 1. The third-order valence-corrected chi connectivity index (χ3v) is 3.41. The molecule has 0 aliphatic heterocycles. The summed E-state index contributed by atoms with van der Waals surface area (Å²) in [6.45, 7) is 0. The van der Waals surface area contributed by atoms with Gasteiger partial charge in [0.25, 0.3) is 0 Å². The number of rotatable bonds is 1. The summed E-state index contributed by atoms with van der Waals surface area (Å²) in [6.07, 6.45) is 2.24. The smallest absolute Gasteiger partial charge is 0.337 e. The highest BCUT2D eigenvalue weighted by Crippen LogP contribution is 2.31. The highest BCUT2D eigenvalue weighted by molar-refractivity contribution is 9.10. The number of fused-ring (bicyclic) bond motifs is 1. The Bertz CT molecular complexity index is 491. The second-order valence-electron chi connectivity index (χ2n) is 3.97. The minimum Gasteiger partial charge on any atom is -0.507 e. The van der Waals surface area contributed by atoms with Crippen LogP contribution in [0.1, 0.15) is 24.0 Å². The quantitative estimate of drug-likeness (QED) is 0.810. The van der Waals surface area contributed by atoms with E-state index in [1.165, 1.54) is 7.11 Å². The van der Waals surface area contributed by atoms with Crippen LogP contribution in [0.25, 0.3) is 5.76 Å². The molecular weight excluding hydrogens is 284 g/mol. The average Bonchev–Trinajstić information content (AvgIpc) is 2.49. The van der Waals surface area contributed by atoms with Gasteiger partial charge < -0.3 is 9.84 Å². The third kappa shape index (κ3) is 2.36. The molecule has 1 aromatic rings. The molecule has 0 unspecified atom stereocenters. The van der Waals surface area contributed by atoms with Crippen molar-refractivity contribution in [2.75, 3.05) is 7.11 Å². The van der Waals surface area contributed by atoms with Crippen LogP contribution in [0.4, 0.5) is 0 Å².